The highest BCUT2D eigenvalue weighted by molar-refractivity contribution is 7.17. The second-order valence-corrected chi connectivity index (χ2v) is 4.87. The highest BCUT2D eigenvalue weighted by atomic mass is 35.5. The van der Waals surface area contributed by atoms with Crippen molar-refractivity contribution in [1.82, 2.24) is 0 Å². The van der Waals surface area contributed by atoms with Crippen LogP contribution in [0, 0.1) is 0 Å². The molecule has 3 nitrogen and oxygen atoms in total. The van der Waals surface area contributed by atoms with Gasteiger partial charge in [0.15, 0.2) is 6.29 Å². The van der Waals surface area contributed by atoms with Gasteiger partial charge in [-0.3, -0.25) is 4.79 Å². The van der Waals surface area contributed by atoms with Crippen molar-refractivity contribution in [3.05, 3.63) is 45.8 Å². The summed E-state index contributed by atoms with van der Waals surface area (Å²) < 4.78 is 0. The first-order valence-electron chi connectivity index (χ1n) is 4.70. The van der Waals surface area contributed by atoms with Gasteiger partial charge in [-0.15, -0.1) is 11.3 Å². The Bertz CT molecular complexity index is 589. The molecule has 86 valence electrons. The Morgan fingerprint density at radius 2 is 2.06 bits per heavy atom. The summed E-state index contributed by atoms with van der Waals surface area (Å²) in [5.41, 5.74) is 0.705. The molecule has 0 saturated carbocycles. The fraction of sp³-hybridized carbons (Fsp3) is 0. The van der Waals surface area contributed by atoms with Crippen molar-refractivity contribution >= 4 is 35.2 Å². The van der Waals surface area contributed by atoms with Crippen LogP contribution in [0.25, 0.3) is 10.4 Å². The van der Waals surface area contributed by atoms with E-state index in [-0.39, 0.29) is 5.56 Å². The molecule has 0 aliphatic carbocycles. The zero-order valence-electron chi connectivity index (χ0n) is 8.51. The Balaban J connectivity index is 2.60. The molecule has 0 fully saturated rings. The van der Waals surface area contributed by atoms with Crippen LogP contribution in [0.2, 0.25) is 5.02 Å². The number of carboxylic acids is 1. The Hall–Kier alpha value is -1.65. The van der Waals surface area contributed by atoms with E-state index in [1.54, 1.807) is 18.2 Å². The molecule has 17 heavy (non-hydrogen) atoms. The summed E-state index contributed by atoms with van der Waals surface area (Å²) in [6, 6.07) is 7.94. The molecule has 0 spiro atoms. The number of aromatic carboxylic acids is 1. The van der Waals surface area contributed by atoms with E-state index in [0.717, 1.165) is 6.29 Å². The van der Waals surface area contributed by atoms with Crippen LogP contribution in [0.5, 0.6) is 0 Å². The lowest BCUT2D eigenvalue weighted by Gasteiger charge is -2.03. The largest absolute Gasteiger partial charge is 0.478 e. The fourth-order valence-corrected chi connectivity index (χ4v) is 2.49. The second-order valence-electron chi connectivity index (χ2n) is 3.31. The van der Waals surface area contributed by atoms with Gasteiger partial charge in [-0.1, -0.05) is 11.6 Å². The number of halogens is 1. The van der Waals surface area contributed by atoms with Crippen molar-refractivity contribution in [2.45, 2.75) is 0 Å². The molecule has 2 aromatic rings. The predicted octanol–water partition coefficient (Wildman–Crippen LogP) is 3.58. The van der Waals surface area contributed by atoms with Gasteiger partial charge in [0.05, 0.1) is 10.4 Å². The zero-order chi connectivity index (χ0) is 12.4. The first kappa shape index (κ1) is 11.8. The van der Waals surface area contributed by atoms with E-state index in [4.69, 9.17) is 16.7 Å². The molecule has 1 aromatic carbocycles. The summed E-state index contributed by atoms with van der Waals surface area (Å²) in [5, 5.41) is 9.54. The second kappa shape index (κ2) is 4.69. The summed E-state index contributed by atoms with van der Waals surface area (Å²) >= 11 is 7.09. The molecule has 5 heteroatoms. The normalized spacial score (nSPS) is 10.2. The van der Waals surface area contributed by atoms with Gasteiger partial charge < -0.3 is 5.11 Å². The van der Waals surface area contributed by atoms with Crippen LogP contribution in [0.15, 0.2) is 30.3 Å². The molecule has 0 amide bonds. The van der Waals surface area contributed by atoms with Crippen molar-refractivity contribution in [2.24, 2.45) is 0 Å². The van der Waals surface area contributed by atoms with E-state index >= 15 is 0 Å². The molecule has 0 atom stereocenters. The number of thiophene rings is 1. The SMILES string of the molecule is O=Cc1ccc(-c2cc(Cl)ccc2C(=O)O)s1. The molecule has 0 aliphatic heterocycles. The van der Waals surface area contributed by atoms with Crippen molar-refractivity contribution in [3.63, 3.8) is 0 Å². The smallest absolute Gasteiger partial charge is 0.336 e. The van der Waals surface area contributed by atoms with Gasteiger partial charge in [0.25, 0.3) is 0 Å². The number of rotatable bonds is 3. The van der Waals surface area contributed by atoms with Crippen LogP contribution in [0.3, 0.4) is 0 Å². The first-order valence-corrected chi connectivity index (χ1v) is 5.89. The third-order valence-corrected chi connectivity index (χ3v) is 3.50. The predicted molar refractivity (Wildman–Crippen MR) is 67.1 cm³/mol. The van der Waals surface area contributed by atoms with Crippen molar-refractivity contribution < 1.29 is 14.7 Å². The minimum absolute atomic E-state index is 0.175. The molecule has 0 saturated heterocycles. The highest BCUT2D eigenvalue weighted by Gasteiger charge is 2.13. The maximum Gasteiger partial charge on any atom is 0.336 e. The number of hydrogen-bond acceptors (Lipinski definition) is 3. The highest BCUT2D eigenvalue weighted by Crippen LogP contribution is 2.32. The van der Waals surface area contributed by atoms with Gasteiger partial charge in [0, 0.05) is 15.5 Å². The number of benzene rings is 1. The van der Waals surface area contributed by atoms with Crippen molar-refractivity contribution in [1.29, 1.82) is 0 Å². The van der Waals surface area contributed by atoms with Crippen LogP contribution in [-0.4, -0.2) is 17.4 Å². The van der Waals surface area contributed by atoms with Gasteiger partial charge in [-0.2, -0.15) is 0 Å². The Morgan fingerprint density at radius 3 is 2.65 bits per heavy atom. The topological polar surface area (TPSA) is 54.4 Å². The molecule has 2 rings (SSSR count). The minimum atomic E-state index is -1.02. The standard InChI is InChI=1S/C12H7ClO3S/c13-7-1-3-9(12(15)16)10(5-7)11-4-2-8(6-14)17-11/h1-6H,(H,15,16). The molecular weight excluding hydrogens is 260 g/mol. The molecule has 1 N–H and O–H groups in total. The molecule has 1 aromatic heterocycles. The lowest BCUT2D eigenvalue weighted by atomic mass is 10.1. The number of carbonyl (C=O) groups is 2. The lowest BCUT2D eigenvalue weighted by Crippen LogP contribution is -1.98. The Labute approximate surface area is 106 Å². The molecule has 0 bridgehead atoms. The Morgan fingerprint density at radius 1 is 1.29 bits per heavy atom. The van der Waals surface area contributed by atoms with Gasteiger partial charge in [-0.05, 0) is 30.3 Å². The summed E-state index contributed by atoms with van der Waals surface area (Å²) in [4.78, 5) is 22.9. The summed E-state index contributed by atoms with van der Waals surface area (Å²) in [6.45, 7) is 0. The van der Waals surface area contributed by atoms with Gasteiger partial charge in [-0.25, -0.2) is 4.79 Å². The van der Waals surface area contributed by atoms with Crippen molar-refractivity contribution in [2.75, 3.05) is 0 Å². The monoisotopic (exact) mass is 266 g/mol. The number of carboxylic acid groups (broad SMARTS) is 1. The fourth-order valence-electron chi connectivity index (χ4n) is 1.47. The Kier molecular flexibility index (Phi) is 3.26. The minimum Gasteiger partial charge on any atom is -0.478 e. The molecule has 0 aliphatic rings. The zero-order valence-corrected chi connectivity index (χ0v) is 10.1. The molecule has 1 heterocycles. The maximum absolute atomic E-state index is 11.1. The van der Waals surface area contributed by atoms with E-state index in [0.29, 0.717) is 20.3 Å². The van der Waals surface area contributed by atoms with Crippen molar-refractivity contribution in [3.8, 4) is 10.4 Å². The van der Waals surface area contributed by atoms with Gasteiger partial charge in [0.2, 0.25) is 0 Å². The molecular formula is C12H7ClO3S. The van der Waals surface area contributed by atoms with E-state index in [2.05, 4.69) is 0 Å². The van der Waals surface area contributed by atoms with Crippen LogP contribution < -0.4 is 0 Å². The van der Waals surface area contributed by atoms with Gasteiger partial charge in [0.1, 0.15) is 0 Å². The average Bonchev–Trinajstić information content (AvgIpc) is 2.76. The summed E-state index contributed by atoms with van der Waals surface area (Å²) in [5.74, 6) is -1.02. The van der Waals surface area contributed by atoms with Crippen LogP contribution in [0.1, 0.15) is 20.0 Å². The third-order valence-electron chi connectivity index (χ3n) is 2.22. The van der Waals surface area contributed by atoms with Gasteiger partial charge >= 0.3 is 5.97 Å². The quantitative estimate of drug-likeness (QED) is 0.864. The third kappa shape index (κ3) is 2.38. The summed E-state index contributed by atoms with van der Waals surface area (Å²) in [7, 11) is 0. The van der Waals surface area contributed by atoms with E-state index in [1.807, 2.05) is 0 Å². The van der Waals surface area contributed by atoms with Crippen LogP contribution in [-0.2, 0) is 0 Å². The van der Waals surface area contributed by atoms with E-state index < -0.39 is 5.97 Å². The van der Waals surface area contributed by atoms with E-state index in [9.17, 15) is 9.59 Å². The molecule has 0 unspecified atom stereocenters. The van der Waals surface area contributed by atoms with Crippen LogP contribution in [0.4, 0.5) is 0 Å². The maximum atomic E-state index is 11.1. The first-order chi connectivity index (χ1) is 8.11. The number of hydrogen-bond donors (Lipinski definition) is 1. The number of aldehydes is 1. The lowest BCUT2D eigenvalue weighted by molar-refractivity contribution is 0.0697. The average molecular weight is 267 g/mol. The number of carbonyl (C=O) groups excluding carboxylic acids is 1. The van der Waals surface area contributed by atoms with E-state index in [1.165, 1.54) is 23.5 Å². The molecule has 0 radical (unpaired) electrons. The summed E-state index contributed by atoms with van der Waals surface area (Å²) in [6.07, 6.45) is 0.735. The van der Waals surface area contributed by atoms with Crippen LogP contribution >= 0.6 is 22.9 Å².